The molecule has 0 aliphatic heterocycles. The zero-order valence-electron chi connectivity index (χ0n) is 7.08. The summed E-state index contributed by atoms with van der Waals surface area (Å²) in [6.45, 7) is 0. The Balaban J connectivity index is 3.21. The van der Waals surface area contributed by atoms with Crippen molar-refractivity contribution in [3.05, 3.63) is 29.3 Å². The molecule has 0 saturated heterocycles. The van der Waals surface area contributed by atoms with Crippen LogP contribution in [0.25, 0.3) is 0 Å². The first-order valence-electron chi connectivity index (χ1n) is 3.66. The van der Waals surface area contributed by atoms with Gasteiger partial charge >= 0.3 is 0 Å². The number of halogens is 5. The molecule has 0 atom stereocenters. The van der Waals surface area contributed by atoms with E-state index < -0.39 is 40.7 Å². The summed E-state index contributed by atoms with van der Waals surface area (Å²) in [4.78, 5) is 10.7. The van der Waals surface area contributed by atoms with Crippen molar-refractivity contribution in [1.29, 1.82) is 0 Å². The maximum Gasteiger partial charge on any atom is 0.239 e. The molecule has 1 amide bonds. The summed E-state index contributed by atoms with van der Waals surface area (Å²) >= 11 is 5.04. The summed E-state index contributed by atoms with van der Waals surface area (Å²) in [5, 5.41) is 1.61. The largest absolute Gasteiger partial charge is 0.320 e. The third kappa shape index (κ3) is 2.38. The second-order valence-electron chi connectivity index (χ2n) is 2.52. The Kier molecular flexibility index (Phi) is 3.52. The number of alkyl halides is 1. The predicted octanol–water partition coefficient (Wildman–Crippen LogP) is 2.42. The number of hydrogen-bond acceptors (Lipinski definition) is 1. The highest BCUT2D eigenvalue weighted by molar-refractivity contribution is 6.29. The second-order valence-corrected chi connectivity index (χ2v) is 2.79. The molecule has 1 aromatic carbocycles. The Morgan fingerprint density at radius 2 is 1.67 bits per heavy atom. The SMILES string of the molecule is O=C(CCl)Nc1c(F)c(F)cc(F)c1F. The number of carbonyl (C=O) groups is 1. The van der Waals surface area contributed by atoms with Gasteiger partial charge in [0.05, 0.1) is 0 Å². The first-order chi connectivity index (χ1) is 6.97. The lowest BCUT2D eigenvalue weighted by molar-refractivity contribution is -0.114. The molecule has 0 aliphatic rings. The van der Waals surface area contributed by atoms with E-state index in [1.54, 1.807) is 5.32 Å². The van der Waals surface area contributed by atoms with E-state index in [0.29, 0.717) is 0 Å². The smallest absolute Gasteiger partial charge is 0.239 e. The zero-order valence-corrected chi connectivity index (χ0v) is 7.84. The van der Waals surface area contributed by atoms with Crippen LogP contribution in [0.5, 0.6) is 0 Å². The third-order valence-corrected chi connectivity index (χ3v) is 1.74. The van der Waals surface area contributed by atoms with Crippen molar-refractivity contribution in [1.82, 2.24) is 0 Å². The van der Waals surface area contributed by atoms with E-state index in [4.69, 9.17) is 11.6 Å². The van der Waals surface area contributed by atoms with Crippen LogP contribution in [-0.2, 0) is 4.79 Å². The fraction of sp³-hybridized carbons (Fsp3) is 0.125. The zero-order chi connectivity index (χ0) is 11.6. The molecule has 0 aromatic heterocycles. The Morgan fingerprint density at radius 1 is 1.20 bits per heavy atom. The van der Waals surface area contributed by atoms with Crippen molar-refractivity contribution in [3.63, 3.8) is 0 Å². The quantitative estimate of drug-likeness (QED) is 0.481. The van der Waals surface area contributed by atoms with Gasteiger partial charge in [0.25, 0.3) is 0 Å². The molecule has 0 radical (unpaired) electrons. The molecule has 2 nitrogen and oxygen atoms in total. The molecule has 0 unspecified atom stereocenters. The van der Waals surface area contributed by atoms with Crippen LogP contribution in [0.4, 0.5) is 23.2 Å². The van der Waals surface area contributed by atoms with Gasteiger partial charge in [0.2, 0.25) is 5.91 Å². The highest BCUT2D eigenvalue weighted by Gasteiger charge is 2.20. The van der Waals surface area contributed by atoms with Crippen LogP contribution in [0.1, 0.15) is 0 Å². The van der Waals surface area contributed by atoms with E-state index in [0.717, 1.165) is 0 Å². The molecule has 82 valence electrons. The van der Waals surface area contributed by atoms with Gasteiger partial charge in [-0.15, -0.1) is 11.6 Å². The van der Waals surface area contributed by atoms with Crippen LogP contribution in [0.3, 0.4) is 0 Å². The van der Waals surface area contributed by atoms with Gasteiger partial charge in [-0.3, -0.25) is 4.79 Å². The number of hydrogen-bond donors (Lipinski definition) is 1. The second kappa shape index (κ2) is 4.48. The minimum absolute atomic E-state index is 0.0427. The van der Waals surface area contributed by atoms with Crippen LogP contribution < -0.4 is 5.32 Å². The van der Waals surface area contributed by atoms with Crippen molar-refractivity contribution in [2.24, 2.45) is 0 Å². The van der Waals surface area contributed by atoms with E-state index in [2.05, 4.69) is 0 Å². The molecule has 7 heteroatoms. The van der Waals surface area contributed by atoms with Crippen LogP contribution in [-0.4, -0.2) is 11.8 Å². The minimum atomic E-state index is -1.67. The Bertz CT molecular complexity index is 384. The van der Waals surface area contributed by atoms with E-state index in [1.807, 2.05) is 0 Å². The first kappa shape index (κ1) is 11.8. The van der Waals surface area contributed by atoms with Gasteiger partial charge in [0.1, 0.15) is 11.6 Å². The van der Waals surface area contributed by atoms with Gasteiger partial charge in [-0.05, 0) is 0 Å². The summed E-state index contributed by atoms with van der Waals surface area (Å²) in [7, 11) is 0. The molecule has 15 heavy (non-hydrogen) atoms. The summed E-state index contributed by atoms with van der Waals surface area (Å²) in [5.41, 5.74) is -1.18. The van der Waals surface area contributed by atoms with Gasteiger partial charge < -0.3 is 5.32 Å². The minimum Gasteiger partial charge on any atom is -0.320 e. The topological polar surface area (TPSA) is 29.1 Å². The standard InChI is InChI=1S/C8H4ClF4NO/c9-2-5(15)14-8-6(12)3(10)1-4(11)7(8)13/h1H,2H2,(H,14,15). The molecule has 0 heterocycles. The number of benzene rings is 1. The van der Waals surface area contributed by atoms with E-state index >= 15 is 0 Å². The lowest BCUT2D eigenvalue weighted by Crippen LogP contribution is -2.16. The molecule has 0 aliphatic carbocycles. The van der Waals surface area contributed by atoms with Gasteiger partial charge in [0, 0.05) is 6.07 Å². The van der Waals surface area contributed by atoms with Crippen LogP contribution >= 0.6 is 11.6 Å². The maximum atomic E-state index is 12.9. The molecule has 0 saturated carbocycles. The fourth-order valence-electron chi connectivity index (χ4n) is 0.856. The maximum absolute atomic E-state index is 12.9. The van der Waals surface area contributed by atoms with Gasteiger partial charge in [-0.2, -0.15) is 0 Å². The van der Waals surface area contributed by atoms with Crippen molar-refractivity contribution in [3.8, 4) is 0 Å². The highest BCUT2D eigenvalue weighted by atomic mass is 35.5. The highest BCUT2D eigenvalue weighted by Crippen LogP contribution is 2.23. The van der Waals surface area contributed by atoms with E-state index in [-0.39, 0.29) is 6.07 Å². The normalized spacial score (nSPS) is 10.2. The molecular weight excluding hydrogens is 238 g/mol. The van der Waals surface area contributed by atoms with Crippen LogP contribution in [0.2, 0.25) is 0 Å². The summed E-state index contributed by atoms with van der Waals surface area (Å²) in [6.07, 6.45) is 0. The summed E-state index contributed by atoms with van der Waals surface area (Å²) < 4.78 is 51.0. The number of carbonyl (C=O) groups excluding carboxylic acids is 1. The van der Waals surface area contributed by atoms with Gasteiger partial charge in [-0.25, -0.2) is 17.6 Å². The summed E-state index contributed by atoms with van der Waals surface area (Å²) in [5.74, 6) is -8.10. The van der Waals surface area contributed by atoms with Crippen molar-refractivity contribution in [2.45, 2.75) is 0 Å². The van der Waals surface area contributed by atoms with Crippen LogP contribution in [0.15, 0.2) is 6.07 Å². The van der Waals surface area contributed by atoms with Crippen LogP contribution in [0, 0.1) is 23.3 Å². The molecular formula is C8H4ClF4NO. The molecule has 1 aromatic rings. The van der Waals surface area contributed by atoms with E-state index in [9.17, 15) is 22.4 Å². The Morgan fingerprint density at radius 3 is 2.07 bits per heavy atom. The number of anilines is 1. The Labute approximate surface area is 86.8 Å². The summed E-state index contributed by atoms with van der Waals surface area (Å²) in [6, 6.07) is 0.0427. The molecule has 0 fully saturated rings. The third-order valence-electron chi connectivity index (χ3n) is 1.50. The monoisotopic (exact) mass is 241 g/mol. The Hall–Kier alpha value is -1.30. The average Bonchev–Trinajstić information content (AvgIpc) is 2.21. The molecule has 0 spiro atoms. The van der Waals surface area contributed by atoms with Gasteiger partial charge in [-0.1, -0.05) is 0 Å². The van der Waals surface area contributed by atoms with E-state index in [1.165, 1.54) is 0 Å². The number of rotatable bonds is 2. The predicted molar refractivity (Wildman–Crippen MR) is 45.6 cm³/mol. The lowest BCUT2D eigenvalue weighted by Gasteiger charge is -2.07. The molecule has 1 N–H and O–H groups in total. The first-order valence-corrected chi connectivity index (χ1v) is 4.19. The molecule has 1 rings (SSSR count). The van der Waals surface area contributed by atoms with Gasteiger partial charge in [0.15, 0.2) is 23.3 Å². The van der Waals surface area contributed by atoms with Crippen molar-refractivity contribution in [2.75, 3.05) is 11.2 Å². The number of amides is 1. The molecule has 0 bridgehead atoms. The fourth-order valence-corrected chi connectivity index (χ4v) is 0.923. The van der Waals surface area contributed by atoms with Crippen molar-refractivity contribution >= 4 is 23.2 Å². The van der Waals surface area contributed by atoms with Crippen molar-refractivity contribution < 1.29 is 22.4 Å². The average molecular weight is 242 g/mol. The number of nitrogens with one attached hydrogen (secondary N) is 1. The lowest BCUT2D eigenvalue weighted by atomic mass is 10.2.